The summed E-state index contributed by atoms with van der Waals surface area (Å²) in [6, 6.07) is 5.32. The number of rotatable bonds is 5. The predicted molar refractivity (Wildman–Crippen MR) is 82.6 cm³/mol. The van der Waals surface area contributed by atoms with Crippen LogP contribution in [0.15, 0.2) is 29.2 Å². The molecule has 2 rings (SSSR count). The minimum atomic E-state index is -0.233. The quantitative estimate of drug-likeness (QED) is 0.849. The topological polar surface area (TPSA) is 85.6 Å². The Bertz CT molecular complexity index is 666. The van der Waals surface area contributed by atoms with Crippen LogP contribution in [0.25, 0.3) is 5.65 Å². The van der Waals surface area contributed by atoms with Gasteiger partial charge in [-0.1, -0.05) is 6.07 Å². The Kier molecular flexibility index (Phi) is 5.92. The molecule has 1 atom stereocenters. The van der Waals surface area contributed by atoms with E-state index in [1.165, 1.54) is 9.08 Å². The van der Waals surface area contributed by atoms with E-state index >= 15 is 0 Å². The van der Waals surface area contributed by atoms with Crippen molar-refractivity contribution in [3.05, 3.63) is 34.9 Å². The Hall–Kier alpha value is -1.86. The van der Waals surface area contributed by atoms with Crippen LogP contribution in [0.5, 0.6) is 0 Å². The minimum Gasteiger partial charge on any atom is -0.342 e. The highest BCUT2D eigenvalue weighted by Crippen LogP contribution is 2.00. The van der Waals surface area contributed by atoms with E-state index in [9.17, 15) is 9.59 Å². The highest BCUT2D eigenvalue weighted by molar-refractivity contribution is 5.85. The van der Waals surface area contributed by atoms with Gasteiger partial charge in [-0.3, -0.25) is 9.20 Å². The second kappa shape index (κ2) is 7.24. The normalized spacial score (nSPS) is 12.0. The molecule has 0 saturated heterocycles. The Labute approximate surface area is 128 Å². The first kappa shape index (κ1) is 17.2. The van der Waals surface area contributed by atoms with Crippen LogP contribution < -0.4 is 11.4 Å². The fraction of sp³-hybridized carbons (Fsp3) is 0.462. The Morgan fingerprint density at radius 1 is 1.48 bits per heavy atom. The maximum atomic E-state index is 12.0. The number of aryl methyl sites for hydroxylation is 1. The van der Waals surface area contributed by atoms with Crippen LogP contribution in [0.4, 0.5) is 0 Å². The lowest BCUT2D eigenvalue weighted by Crippen LogP contribution is -2.40. The van der Waals surface area contributed by atoms with Gasteiger partial charge < -0.3 is 10.6 Å². The van der Waals surface area contributed by atoms with Crippen molar-refractivity contribution < 1.29 is 4.79 Å². The van der Waals surface area contributed by atoms with Crippen LogP contribution in [-0.4, -0.2) is 44.6 Å². The molecule has 0 aromatic carbocycles. The summed E-state index contributed by atoms with van der Waals surface area (Å²) in [7, 11) is 1.71. The van der Waals surface area contributed by atoms with Gasteiger partial charge in [0.1, 0.15) is 0 Å². The zero-order chi connectivity index (χ0) is 14.7. The number of aromatic nitrogens is 3. The zero-order valence-corrected chi connectivity index (χ0v) is 12.9. The second-order valence-corrected chi connectivity index (χ2v) is 4.77. The first-order chi connectivity index (χ1) is 9.54. The van der Waals surface area contributed by atoms with Gasteiger partial charge in [-0.2, -0.15) is 0 Å². The monoisotopic (exact) mass is 313 g/mol. The van der Waals surface area contributed by atoms with Crippen LogP contribution >= 0.6 is 12.4 Å². The zero-order valence-electron chi connectivity index (χ0n) is 12.1. The molecule has 2 aromatic heterocycles. The number of halogens is 1. The molecule has 2 aromatic rings. The summed E-state index contributed by atoms with van der Waals surface area (Å²) in [5.41, 5.74) is 5.87. The van der Waals surface area contributed by atoms with Crippen LogP contribution in [0.3, 0.4) is 0 Å². The first-order valence-electron chi connectivity index (χ1n) is 6.54. The molecule has 1 unspecified atom stereocenters. The lowest BCUT2D eigenvalue weighted by molar-refractivity contribution is -0.131. The molecule has 0 fully saturated rings. The van der Waals surface area contributed by atoms with Crippen molar-refractivity contribution in [2.24, 2.45) is 5.73 Å². The van der Waals surface area contributed by atoms with E-state index in [-0.39, 0.29) is 43.0 Å². The number of carbonyl (C=O) groups excluding carboxylic acids is 1. The molecule has 116 valence electrons. The van der Waals surface area contributed by atoms with Crippen molar-refractivity contribution in [1.29, 1.82) is 0 Å². The predicted octanol–water partition coefficient (Wildman–Crippen LogP) is 0.114. The van der Waals surface area contributed by atoms with Gasteiger partial charge in [0.05, 0.1) is 6.54 Å². The third-order valence-corrected chi connectivity index (χ3v) is 3.42. The SMILES string of the molecule is CC(CN)N(C)C(=O)CCn1nc2ccccn2c1=O.Cl. The molecule has 2 N–H and O–H groups in total. The Morgan fingerprint density at radius 3 is 2.81 bits per heavy atom. The average Bonchev–Trinajstić information content (AvgIpc) is 2.80. The summed E-state index contributed by atoms with van der Waals surface area (Å²) < 4.78 is 2.77. The molecule has 8 heteroatoms. The van der Waals surface area contributed by atoms with Crippen molar-refractivity contribution >= 4 is 24.0 Å². The van der Waals surface area contributed by atoms with Gasteiger partial charge in [0.2, 0.25) is 5.91 Å². The minimum absolute atomic E-state index is 0. The van der Waals surface area contributed by atoms with Gasteiger partial charge in [0.25, 0.3) is 0 Å². The highest BCUT2D eigenvalue weighted by atomic mass is 35.5. The number of carbonyl (C=O) groups is 1. The number of nitrogens with two attached hydrogens (primary N) is 1. The Morgan fingerprint density at radius 2 is 2.19 bits per heavy atom. The average molecular weight is 314 g/mol. The van der Waals surface area contributed by atoms with E-state index in [1.807, 2.05) is 13.0 Å². The molecule has 0 radical (unpaired) electrons. The van der Waals surface area contributed by atoms with Gasteiger partial charge >= 0.3 is 5.69 Å². The summed E-state index contributed by atoms with van der Waals surface area (Å²) >= 11 is 0. The summed E-state index contributed by atoms with van der Waals surface area (Å²) in [4.78, 5) is 25.6. The van der Waals surface area contributed by atoms with Crippen molar-refractivity contribution in [2.75, 3.05) is 13.6 Å². The van der Waals surface area contributed by atoms with Crippen molar-refractivity contribution in [1.82, 2.24) is 19.1 Å². The van der Waals surface area contributed by atoms with Crippen molar-refractivity contribution in [3.8, 4) is 0 Å². The molecule has 7 nitrogen and oxygen atoms in total. The fourth-order valence-electron chi connectivity index (χ4n) is 1.90. The third kappa shape index (κ3) is 3.62. The standard InChI is InChI=1S/C13H19N5O2.ClH/c1-10(9-14)16(2)12(19)6-8-18-13(20)17-7-4-3-5-11(17)15-18;/h3-5,7,10H,6,8-9,14H2,1-2H3;1H. The molecule has 0 aliphatic rings. The number of nitrogens with zero attached hydrogens (tertiary/aromatic N) is 4. The van der Waals surface area contributed by atoms with Gasteiger partial charge in [0, 0.05) is 32.3 Å². The smallest absolute Gasteiger partial charge is 0.342 e. The lowest BCUT2D eigenvalue weighted by atomic mass is 10.2. The Balaban J connectivity index is 0.00000220. The van der Waals surface area contributed by atoms with E-state index < -0.39 is 0 Å². The summed E-state index contributed by atoms with van der Waals surface area (Å²) in [6.45, 7) is 2.56. The van der Waals surface area contributed by atoms with E-state index in [0.29, 0.717) is 12.2 Å². The summed E-state index contributed by atoms with van der Waals surface area (Å²) in [5.74, 6) is -0.0492. The number of likely N-dealkylation sites (N-methyl/N-ethyl adjacent to an activating group) is 1. The lowest BCUT2D eigenvalue weighted by Gasteiger charge is -2.23. The van der Waals surface area contributed by atoms with E-state index in [2.05, 4.69) is 5.10 Å². The summed E-state index contributed by atoms with van der Waals surface area (Å²) in [6.07, 6.45) is 1.89. The van der Waals surface area contributed by atoms with E-state index in [1.54, 1.807) is 30.3 Å². The largest absolute Gasteiger partial charge is 0.350 e. The number of pyridine rings is 1. The van der Waals surface area contributed by atoms with Gasteiger partial charge in [-0.25, -0.2) is 9.48 Å². The van der Waals surface area contributed by atoms with E-state index in [4.69, 9.17) is 5.73 Å². The molecule has 0 bridgehead atoms. The van der Waals surface area contributed by atoms with Crippen LogP contribution in [-0.2, 0) is 11.3 Å². The van der Waals surface area contributed by atoms with Crippen molar-refractivity contribution in [3.63, 3.8) is 0 Å². The molecule has 0 aliphatic heterocycles. The molecule has 2 heterocycles. The molecule has 0 aliphatic carbocycles. The highest BCUT2D eigenvalue weighted by Gasteiger charge is 2.15. The van der Waals surface area contributed by atoms with Gasteiger partial charge in [-0.05, 0) is 19.1 Å². The number of amides is 1. The maximum absolute atomic E-state index is 12.0. The molecule has 21 heavy (non-hydrogen) atoms. The molecule has 1 amide bonds. The van der Waals surface area contributed by atoms with Crippen LogP contribution in [0.2, 0.25) is 0 Å². The number of hydrogen-bond acceptors (Lipinski definition) is 4. The third-order valence-electron chi connectivity index (χ3n) is 3.42. The number of fused-ring (bicyclic) bond motifs is 1. The van der Waals surface area contributed by atoms with Crippen LogP contribution in [0.1, 0.15) is 13.3 Å². The second-order valence-electron chi connectivity index (χ2n) is 4.77. The summed E-state index contributed by atoms with van der Waals surface area (Å²) in [5, 5.41) is 4.18. The molecular weight excluding hydrogens is 294 g/mol. The molecule has 0 saturated carbocycles. The molecule has 0 spiro atoms. The van der Waals surface area contributed by atoms with Gasteiger partial charge in [0.15, 0.2) is 5.65 Å². The first-order valence-corrected chi connectivity index (χ1v) is 6.54. The van der Waals surface area contributed by atoms with E-state index in [0.717, 1.165) is 0 Å². The maximum Gasteiger partial charge on any atom is 0.350 e. The van der Waals surface area contributed by atoms with Crippen LogP contribution in [0, 0.1) is 0 Å². The van der Waals surface area contributed by atoms with Gasteiger partial charge in [-0.15, -0.1) is 17.5 Å². The molecular formula is C13H20ClN5O2. The fourth-order valence-corrected chi connectivity index (χ4v) is 1.90. The number of hydrogen-bond donors (Lipinski definition) is 1. The van der Waals surface area contributed by atoms with Crippen molar-refractivity contribution in [2.45, 2.75) is 25.9 Å².